The largest absolute Gasteiger partial charge is 0.493 e. The van der Waals surface area contributed by atoms with Gasteiger partial charge in [-0.05, 0) is 6.07 Å². The van der Waals surface area contributed by atoms with Crippen LogP contribution < -0.4 is 4.74 Å². The second kappa shape index (κ2) is 5.42. The van der Waals surface area contributed by atoms with Gasteiger partial charge in [-0.3, -0.25) is 9.59 Å². The number of carboxylic acid groups (broad SMARTS) is 1. The first kappa shape index (κ1) is 14.5. The van der Waals surface area contributed by atoms with Gasteiger partial charge in [-0.15, -0.1) is 11.3 Å². The van der Waals surface area contributed by atoms with Crippen LogP contribution in [0.25, 0.3) is 21.1 Å². The van der Waals surface area contributed by atoms with E-state index in [1.807, 2.05) is 0 Å². The highest BCUT2D eigenvalue weighted by Gasteiger charge is 2.18. The second-order valence-corrected chi connectivity index (χ2v) is 5.80. The van der Waals surface area contributed by atoms with Crippen molar-refractivity contribution in [1.29, 1.82) is 0 Å². The molecule has 7 heteroatoms. The number of benzene rings is 1. The Morgan fingerprint density at radius 1 is 1.27 bits per heavy atom. The van der Waals surface area contributed by atoms with Gasteiger partial charge in [0.15, 0.2) is 17.1 Å². The summed E-state index contributed by atoms with van der Waals surface area (Å²) >= 11 is 1.22. The molecule has 0 saturated carbocycles. The molecule has 0 saturated heterocycles. The highest BCUT2D eigenvalue weighted by Crippen LogP contribution is 2.39. The number of hydrogen-bond donors (Lipinski definition) is 1. The maximum Gasteiger partial charge on any atom is 0.303 e. The number of aliphatic carboxylic acids is 1. The van der Waals surface area contributed by atoms with E-state index in [9.17, 15) is 14.0 Å². The van der Waals surface area contributed by atoms with Gasteiger partial charge in [0.2, 0.25) is 0 Å². The van der Waals surface area contributed by atoms with Crippen LogP contribution in [0.15, 0.2) is 22.6 Å². The van der Waals surface area contributed by atoms with E-state index in [-0.39, 0.29) is 24.2 Å². The van der Waals surface area contributed by atoms with E-state index in [1.165, 1.54) is 24.5 Å². The summed E-state index contributed by atoms with van der Waals surface area (Å²) in [6.45, 7) is 0. The first-order chi connectivity index (χ1) is 10.5. The third-order valence-corrected chi connectivity index (χ3v) is 4.42. The molecule has 3 rings (SSSR count). The molecular weight excluding hydrogens is 311 g/mol. The van der Waals surface area contributed by atoms with Crippen LogP contribution in [-0.4, -0.2) is 24.0 Å². The third-order valence-electron chi connectivity index (χ3n) is 3.30. The van der Waals surface area contributed by atoms with Gasteiger partial charge in [-0.25, -0.2) is 0 Å². The fourth-order valence-corrected chi connectivity index (χ4v) is 3.36. The summed E-state index contributed by atoms with van der Waals surface area (Å²) in [5.41, 5.74) is 0.287. The molecule has 5 nitrogen and oxygen atoms in total. The maximum atomic E-state index is 13.4. The minimum absolute atomic E-state index is 0.0673. The minimum atomic E-state index is -1.02. The van der Waals surface area contributed by atoms with Crippen molar-refractivity contribution in [3.63, 3.8) is 0 Å². The van der Waals surface area contributed by atoms with E-state index in [0.717, 1.165) is 4.70 Å². The highest BCUT2D eigenvalue weighted by atomic mass is 32.1. The van der Waals surface area contributed by atoms with Crippen LogP contribution in [0.2, 0.25) is 0 Å². The normalized spacial score (nSPS) is 11.2. The fraction of sp³-hybridized carbons (Fsp3) is 0.200. The Kier molecular flexibility index (Phi) is 3.58. The van der Waals surface area contributed by atoms with Crippen LogP contribution in [0.5, 0.6) is 5.75 Å². The molecule has 0 bridgehead atoms. The van der Waals surface area contributed by atoms with Crippen LogP contribution in [0.4, 0.5) is 4.39 Å². The topological polar surface area (TPSA) is 76.7 Å². The summed E-state index contributed by atoms with van der Waals surface area (Å²) in [6.07, 6.45) is -0.283. The standard InChI is InChI=1S/C15H11FO5S/c1-20-10-6-11-7(8-5-13(16)21-15(8)10)4-12(22-11)9(17)2-3-14(18)19/h4-6H,2-3H2,1H3,(H,18,19). The van der Waals surface area contributed by atoms with E-state index in [4.69, 9.17) is 14.3 Å². The molecule has 0 unspecified atom stereocenters. The Balaban J connectivity index is 2.11. The van der Waals surface area contributed by atoms with Crippen molar-refractivity contribution in [2.75, 3.05) is 7.11 Å². The zero-order valence-electron chi connectivity index (χ0n) is 11.5. The summed E-state index contributed by atoms with van der Waals surface area (Å²) < 4.78 is 24.3. The molecule has 0 aliphatic rings. The van der Waals surface area contributed by atoms with Crippen LogP contribution >= 0.6 is 11.3 Å². The van der Waals surface area contributed by atoms with E-state index in [2.05, 4.69) is 0 Å². The van der Waals surface area contributed by atoms with Crippen molar-refractivity contribution < 1.29 is 28.2 Å². The molecule has 0 radical (unpaired) electrons. The van der Waals surface area contributed by atoms with Crippen molar-refractivity contribution in [1.82, 2.24) is 0 Å². The fourth-order valence-electron chi connectivity index (χ4n) is 2.28. The molecule has 114 valence electrons. The number of furan rings is 1. The van der Waals surface area contributed by atoms with Gasteiger partial charge >= 0.3 is 5.97 Å². The summed E-state index contributed by atoms with van der Waals surface area (Å²) in [5.74, 6) is -0.882. The molecule has 0 atom stereocenters. The first-order valence-corrected chi connectivity index (χ1v) is 7.26. The number of rotatable bonds is 5. The molecule has 3 aromatic rings. The number of fused-ring (bicyclic) bond motifs is 3. The molecule has 0 aliphatic heterocycles. The van der Waals surface area contributed by atoms with Crippen LogP contribution in [0.1, 0.15) is 22.5 Å². The maximum absolute atomic E-state index is 13.4. The number of hydrogen-bond acceptors (Lipinski definition) is 5. The van der Waals surface area contributed by atoms with Crippen LogP contribution in [-0.2, 0) is 4.79 Å². The number of Topliss-reactive ketones (excluding diaryl/α,β-unsaturated/α-hetero) is 1. The van der Waals surface area contributed by atoms with Gasteiger partial charge in [0.05, 0.1) is 18.4 Å². The number of ketones is 1. The lowest BCUT2D eigenvalue weighted by atomic mass is 10.1. The number of methoxy groups -OCH3 is 1. The lowest BCUT2D eigenvalue weighted by Crippen LogP contribution is -2.01. The van der Waals surface area contributed by atoms with Crippen molar-refractivity contribution in [2.45, 2.75) is 12.8 Å². The quantitative estimate of drug-likeness (QED) is 0.722. The Bertz CT molecular complexity index is 892. The molecule has 0 amide bonds. The minimum Gasteiger partial charge on any atom is -0.493 e. The first-order valence-electron chi connectivity index (χ1n) is 6.44. The number of carboxylic acids is 1. The molecule has 22 heavy (non-hydrogen) atoms. The van der Waals surface area contributed by atoms with Crippen molar-refractivity contribution in [3.05, 3.63) is 29.1 Å². The molecule has 1 N–H and O–H groups in total. The monoisotopic (exact) mass is 322 g/mol. The molecule has 0 aliphatic carbocycles. The average Bonchev–Trinajstić information content (AvgIpc) is 3.06. The van der Waals surface area contributed by atoms with Gasteiger partial charge in [-0.1, -0.05) is 0 Å². The predicted octanol–water partition coefficient (Wildman–Crippen LogP) is 3.84. The van der Waals surface area contributed by atoms with Gasteiger partial charge in [0.25, 0.3) is 6.01 Å². The van der Waals surface area contributed by atoms with Gasteiger partial charge in [-0.2, -0.15) is 4.39 Å². The Morgan fingerprint density at radius 3 is 2.73 bits per heavy atom. The lowest BCUT2D eigenvalue weighted by Gasteiger charge is -2.00. The Labute approximate surface area is 127 Å². The van der Waals surface area contributed by atoms with Gasteiger partial charge < -0.3 is 14.3 Å². The number of ether oxygens (including phenoxy) is 1. The molecular formula is C15H11FO5S. The molecule has 2 aromatic heterocycles. The molecule has 0 spiro atoms. The second-order valence-electron chi connectivity index (χ2n) is 4.71. The SMILES string of the molecule is COc1cc2sc(C(=O)CCC(=O)O)cc2c2cc(F)oc12. The van der Waals surface area contributed by atoms with Gasteiger partial charge in [0.1, 0.15) is 0 Å². The zero-order chi connectivity index (χ0) is 15.9. The average molecular weight is 322 g/mol. The van der Waals surface area contributed by atoms with Crippen molar-refractivity contribution >= 4 is 44.1 Å². The zero-order valence-corrected chi connectivity index (χ0v) is 12.3. The predicted molar refractivity (Wildman–Crippen MR) is 79.3 cm³/mol. The Morgan fingerprint density at radius 2 is 2.05 bits per heavy atom. The molecule has 1 aromatic carbocycles. The lowest BCUT2D eigenvalue weighted by molar-refractivity contribution is -0.136. The number of thiophene rings is 1. The van der Waals surface area contributed by atoms with Crippen LogP contribution in [0, 0.1) is 6.01 Å². The van der Waals surface area contributed by atoms with E-state index >= 15 is 0 Å². The van der Waals surface area contributed by atoms with Crippen molar-refractivity contribution in [2.24, 2.45) is 0 Å². The molecule has 2 heterocycles. The third kappa shape index (κ3) is 2.43. The smallest absolute Gasteiger partial charge is 0.303 e. The van der Waals surface area contributed by atoms with E-state index in [0.29, 0.717) is 21.4 Å². The summed E-state index contributed by atoms with van der Waals surface area (Å²) in [4.78, 5) is 23.0. The summed E-state index contributed by atoms with van der Waals surface area (Å²) in [6, 6.07) is 3.84. The number of carbonyl (C=O) groups is 2. The van der Waals surface area contributed by atoms with Gasteiger partial charge in [0, 0.05) is 34.0 Å². The van der Waals surface area contributed by atoms with Crippen LogP contribution in [0.3, 0.4) is 0 Å². The van der Waals surface area contributed by atoms with E-state index < -0.39 is 12.0 Å². The highest BCUT2D eigenvalue weighted by molar-refractivity contribution is 7.21. The Hall–Kier alpha value is -2.41. The van der Waals surface area contributed by atoms with E-state index in [1.54, 1.807) is 12.1 Å². The molecule has 0 fully saturated rings. The summed E-state index contributed by atoms with van der Waals surface area (Å²) in [5, 5.41) is 9.86. The van der Waals surface area contributed by atoms with Crippen molar-refractivity contribution in [3.8, 4) is 5.75 Å². The number of carbonyl (C=O) groups excluding carboxylic acids is 1. The number of halogens is 1. The summed E-state index contributed by atoms with van der Waals surface area (Å²) in [7, 11) is 1.45.